The minimum Gasteiger partial charge on any atom is -0.390 e. The van der Waals surface area contributed by atoms with E-state index in [0.29, 0.717) is 23.4 Å². The topological polar surface area (TPSA) is 89.9 Å². The van der Waals surface area contributed by atoms with Gasteiger partial charge in [0.2, 0.25) is 0 Å². The van der Waals surface area contributed by atoms with E-state index in [9.17, 15) is 5.11 Å². The van der Waals surface area contributed by atoms with Crippen LogP contribution in [0.2, 0.25) is 0 Å². The Morgan fingerprint density at radius 1 is 1.35 bits per heavy atom. The lowest BCUT2D eigenvalue weighted by Gasteiger charge is -2.18. The number of rotatable bonds is 5. The number of hydrogen-bond acceptors (Lipinski definition) is 5. The zero-order chi connectivity index (χ0) is 16.6. The number of aromatic nitrogens is 4. The molecule has 3 heterocycles. The van der Waals surface area contributed by atoms with Gasteiger partial charge in [0.15, 0.2) is 11.5 Å². The van der Waals surface area contributed by atoms with Crippen molar-refractivity contribution in [2.75, 3.05) is 5.73 Å². The SMILES string of the molecule is CCCCn1nc2c(N)nc3ncccc3c2c1CC(C)(C)O. The molecule has 0 aliphatic carbocycles. The molecule has 0 aliphatic heterocycles. The van der Waals surface area contributed by atoms with Crippen molar-refractivity contribution in [2.24, 2.45) is 0 Å². The van der Waals surface area contributed by atoms with E-state index in [1.807, 2.05) is 16.8 Å². The molecule has 0 unspecified atom stereocenters. The fourth-order valence-corrected chi connectivity index (χ4v) is 2.89. The van der Waals surface area contributed by atoms with Crippen LogP contribution in [0.4, 0.5) is 5.82 Å². The molecule has 0 atom stereocenters. The number of aliphatic hydroxyl groups is 1. The second-order valence-electron chi connectivity index (χ2n) is 6.61. The summed E-state index contributed by atoms with van der Waals surface area (Å²) in [6.45, 7) is 6.56. The van der Waals surface area contributed by atoms with Gasteiger partial charge < -0.3 is 10.8 Å². The van der Waals surface area contributed by atoms with E-state index < -0.39 is 5.60 Å². The Bertz CT molecular complexity index is 847. The van der Waals surface area contributed by atoms with E-state index in [2.05, 4.69) is 22.0 Å². The van der Waals surface area contributed by atoms with Crippen molar-refractivity contribution in [3.63, 3.8) is 0 Å². The molecule has 3 aromatic rings. The third kappa shape index (κ3) is 2.99. The van der Waals surface area contributed by atoms with Gasteiger partial charge in [0.25, 0.3) is 0 Å². The molecule has 0 amide bonds. The molecule has 0 spiro atoms. The summed E-state index contributed by atoms with van der Waals surface area (Å²) in [6.07, 6.45) is 4.31. The van der Waals surface area contributed by atoms with Crippen LogP contribution in [0.5, 0.6) is 0 Å². The van der Waals surface area contributed by atoms with Crippen LogP contribution >= 0.6 is 0 Å². The number of unbranched alkanes of at least 4 members (excludes halogenated alkanes) is 1. The average molecular weight is 313 g/mol. The van der Waals surface area contributed by atoms with Crippen LogP contribution in [0.3, 0.4) is 0 Å². The van der Waals surface area contributed by atoms with Gasteiger partial charge >= 0.3 is 0 Å². The van der Waals surface area contributed by atoms with E-state index in [1.165, 1.54) is 0 Å². The summed E-state index contributed by atoms with van der Waals surface area (Å²) in [5.41, 5.74) is 7.58. The van der Waals surface area contributed by atoms with Gasteiger partial charge in [0.05, 0.1) is 5.60 Å². The number of fused-ring (bicyclic) bond motifs is 3. The van der Waals surface area contributed by atoms with Gasteiger partial charge in [0, 0.05) is 35.6 Å². The highest BCUT2D eigenvalue weighted by Gasteiger charge is 2.23. The molecule has 0 aliphatic rings. The molecule has 3 rings (SSSR count). The lowest BCUT2D eigenvalue weighted by Crippen LogP contribution is -2.24. The van der Waals surface area contributed by atoms with Crippen molar-refractivity contribution >= 4 is 27.8 Å². The summed E-state index contributed by atoms with van der Waals surface area (Å²) < 4.78 is 1.97. The molecule has 0 bridgehead atoms. The fourth-order valence-electron chi connectivity index (χ4n) is 2.89. The van der Waals surface area contributed by atoms with E-state index >= 15 is 0 Å². The van der Waals surface area contributed by atoms with Crippen molar-refractivity contribution in [1.82, 2.24) is 19.7 Å². The van der Waals surface area contributed by atoms with Gasteiger partial charge in [-0.3, -0.25) is 4.68 Å². The summed E-state index contributed by atoms with van der Waals surface area (Å²) in [6, 6.07) is 3.87. The Morgan fingerprint density at radius 2 is 2.13 bits per heavy atom. The minimum atomic E-state index is -0.830. The summed E-state index contributed by atoms with van der Waals surface area (Å²) >= 11 is 0. The zero-order valence-corrected chi connectivity index (χ0v) is 13.9. The highest BCUT2D eigenvalue weighted by Crippen LogP contribution is 2.31. The molecule has 0 saturated carbocycles. The van der Waals surface area contributed by atoms with E-state index in [1.54, 1.807) is 20.0 Å². The molecule has 0 radical (unpaired) electrons. The van der Waals surface area contributed by atoms with Crippen LogP contribution in [-0.2, 0) is 13.0 Å². The van der Waals surface area contributed by atoms with Crippen molar-refractivity contribution in [2.45, 2.75) is 52.2 Å². The third-order valence-corrected chi connectivity index (χ3v) is 3.91. The lowest BCUT2D eigenvalue weighted by molar-refractivity contribution is 0.0789. The Labute approximate surface area is 135 Å². The highest BCUT2D eigenvalue weighted by atomic mass is 16.3. The first-order valence-electron chi connectivity index (χ1n) is 8.02. The van der Waals surface area contributed by atoms with E-state index in [0.717, 1.165) is 35.9 Å². The van der Waals surface area contributed by atoms with Gasteiger partial charge in [-0.2, -0.15) is 5.10 Å². The number of hydrogen-bond donors (Lipinski definition) is 2. The monoisotopic (exact) mass is 313 g/mol. The van der Waals surface area contributed by atoms with Crippen molar-refractivity contribution in [3.8, 4) is 0 Å². The molecular formula is C17H23N5O. The summed E-state index contributed by atoms with van der Waals surface area (Å²) in [7, 11) is 0. The Kier molecular flexibility index (Phi) is 3.93. The van der Waals surface area contributed by atoms with Crippen LogP contribution in [0.15, 0.2) is 18.3 Å². The first kappa shape index (κ1) is 15.7. The molecular weight excluding hydrogens is 290 g/mol. The molecule has 0 fully saturated rings. The molecule has 0 aromatic carbocycles. The van der Waals surface area contributed by atoms with E-state index in [-0.39, 0.29) is 0 Å². The number of pyridine rings is 2. The Balaban J connectivity index is 2.32. The maximum atomic E-state index is 10.3. The predicted octanol–water partition coefficient (Wildman–Crippen LogP) is 2.68. The number of nitrogens with zero attached hydrogens (tertiary/aromatic N) is 4. The van der Waals surface area contributed by atoms with Gasteiger partial charge in [-0.1, -0.05) is 13.3 Å². The standard InChI is InChI=1S/C17H23N5O/c1-4-5-9-22-12(10-17(2,3)23)13-11-7-6-8-19-16(11)20-15(18)14(13)21-22/h6-8,23H,4-5,9-10H2,1-3H3,(H2,18,19,20). The lowest BCUT2D eigenvalue weighted by atomic mass is 9.99. The molecule has 3 N–H and O–H groups in total. The molecule has 6 heteroatoms. The first-order valence-corrected chi connectivity index (χ1v) is 8.02. The number of anilines is 1. The predicted molar refractivity (Wildman–Crippen MR) is 92.2 cm³/mol. The third-order valence-electron chi connectivity index (χ3n) is 3.91. The van der Waals surface area contributed by atoms with Crippen LogP contribution in [0.1, 0.15) is 39.3 Å². The van der Waals surface area contributed by atoms with Crippen LogP contribution in [-0.4, -0.2) is 30.5 Å². The average Bonchev–Trinajstić information content (AvgIpc) is 2.83. The Hall–Kier alpha value is -2.21. The fraction of sp³-hybridized carbons (Fsp3) is 0.471. The molecule has 0 saturated heterocycles. The maximum Gasteiger partial charge on any atom is 0.162 e. The summed E-state index contributed by atoms with van der Waals surface area (Å²) in [5.74, 6) is 0.387. The van der Waals surface area contributed by atoms with Crippen molar-refractivity contribution in [1.29, 1.82) is 0 Å². The molecule has 122 valence electrons. The second-order valence-corrected chi connectivity index (χ2v) is 6.61. The normalized spacial score (nSPS) is 12.3. The van der Waals surface area contributed by atoms with Crippen molar-refractivity contribution < 1.29 is 5.11 Å². The molecule has 23 heavy (non-hydrogen) atoms. The number of nitrogens with two attached hydrogens (primary N) is 1. The number of aryl methyl sites for hydroxylation is 1. The molecule has 6 nitrogen and oxygen atoms in total. The number of nitrogen functional groups attached to an aromatic ring is 1. The van der Waals surface area contributed by atoms with Crippen LogP contribution < -0.4 is 5.73 Å². The summed E-state index contributed by atoms with van der Waals surface area (Å²) in [4.78, 5) is 8.67. The van der Waals surface area contributed by atoms with Gasteiger partial charge in [-0.05, 0) is 32.4 Å². The highest BCUT2D eigenvalue weighted by molar-refractivity contribution is 6.08. The molecule has 3 aromatic heterocycles. The smallest absolute Gasteiger partial charge is 0.162 e. The maximum absolute atomic E-state index is 10.3. The summed E-state index contributed by atoms with van der Waals surface area (Å²) in [5, 5.41) is 16.9. The van der Waals surface area contributed by atoms with Gasteiger partial charge in [0.1, 0.15) is 5.52 Å². The van der Waals surface area contributed by atoms with Crippen molar-refractivity contribution in [3.05, 3.63) is 24.0 Å². The van der Waals surface area contributed by atoms with Gasteiger partial charge in [-0.25, -0.2) is 9.97 Å². The zero-order valence-electron chi connectivity index (χ0n) is 13.9. The van der Waals surface area contributed by atoms with E-state index in [4.69, 9.17) is 5.73 Å². The van der Waals surface area contributed by atoms with Crippen LogP contribution in [0.25, 0.3) is 21.9 Å². The second kappa shape index (κ2) is 5.77. The largest absolute Gasteiger partial charge is 0.390 e. The first-order chi connectivity index (χ1) is 10.9. The van der Waals surface area contributed by atoms with Crippen LogP contribution in [0, 0.1) is 0 Å². The Morgan fingerprint density at radius 3 is 2.83 bits per heavy atom. The minimum absolute atomic E-state index is 0.387. The van der Waals surface area contributed by atoms with Gasteiger partial charge in [-0.15, -0.1) is 0 Å². The quantitative estimate of drug-likeness (QED) is 0.756.